The molecule has 0 amide bonds. The molecule has 0 atom stereocenters. The first kappa shape index (κ1) is 17.8. The molecule has 1 heteroatoms. The molecule has 0 saturated carbocycles. The van der Waals surface area contributed by atoms with E-state index in [2.05, 4.69) is 80.3 Å². The molecule has 0 N–H and O–H groups in total. The molecule has 0 saturated heterocycles. The number of hydrogen-bond acceptors (Lipinski definition) is 0. The third-order valence-electron chi connectivity index (χ3n) is 3.78. The molecule has 0 radical (unpaired) electrons. The normalized spacial score (nSPS) is 13.7. The zero-order valence-corrected chi connectivity index (χ0v) is 16.8. The van der Waals surface area contributed by atoms with E-state index in [1.54, 1.807) is 15.6 Å². The Kier molecular flexibility index (Phi) is 4.89. The second kappa shape index (κ2) is 5.50. The Labute approximate surface area is 132 Å². The van der Waals surface area contributed by atoms with Crippen molar-refractivity contribution in [3.05, 3.63) is 28.8 Å². The second-order valence-electron chi connectivity index (χ2n) is 8.85. The summed E-state index contributed by atoms with van der Waals surface area (Å²) in [5.41, 5.74) is 5.22. The topological polar surface area (TPSA) is 0 Å². The van der Waals surface area contributed by atoms with Crippen LogP contribution in [-0.4, -0.2) is 15.0 Å². The van der Waals surface area contributed by atoms with Gasteiger partial charge in [-0.2, -0.15) is 0 Å². The van der Waals surface area contributed by atoms with Gasteiger partial charge in [-0.1, -0.05) is 0 Å². The van der Waals surface area contributed by atoms with Gasteiger partial charge in [-0.05, 0) is 0 Å². The predicted molar refractivity (Wildman–Crippen MR) is 93.8 cm³/mol. The summed E-state index contributed by atoms with van der Waals surface area (Å²) in [7, 11) is 0. The van der Waals surface area contributed by atoms with Gasteiger partial charge in [0, 0.05) is 0 Å². The molecule has 114 valence electrons. The summed E-state index contributed by atoms with van der Waals surface area (Å²) in [6.07, 6.45) is 0. The van der Waals surface area contributed by atoms with Gasteiger partial charge < -0.3 is 0 Å². The van der Waals surface area contributed by atoms with Crippen molar-refractivity contribution >= 4 is 19.4 Å². The molecule has 0 nitrogen and oxygen atoms in total. The van der Waals surface area contributed by atoms with Crippen molar-refractivity contribution in [1.29, 1.82) is 0 Å². The maximum absolute atomic E-state index is 2.47. The minimum atomic E-state index is 0.208. The van der Waals surface area contributed by atoms with Crippen LogP contribution in [0.15, 0.2) is 12.1 Å². The fourth-order valence-corrected chi connectivity index (χ4v) is 4.85. The molecular formula is C19H32Se. The van der Waals surface area contributed by atoms with Crippen LogP contribution < -0.4 is 4.46 Å². The van der Waals surface area contributed by atoms with Gasteiger partial charge in [-0.25, -0.2) is 0 Å². The van der Waals surface area contributed by atoms with Crippen molar-refractivity contribution < 1.29 is 0 Å². The zero-order valence-electron chi connectivity index (χ0n) is 15.1. The van der Waals surface area contributed by atoms with Gasteiger partial charge in [0.05, 0.1) is 0 Å². The van der Waals surface area contributed by atoms with Crippen LogP contribution in [0, 0.1) is 0 Å². The van der Waals surface area contributed by atoms with Crippen LogP contribution in [-0.2, 0) is 16.2 Å². The Balaban J connectivity index is 3.75. The van der Waals surface area contributed by atoms with Gasteiger partial charge in [0.1, 0.15) is 0 Å². The summed E-state index contributed by atoms with van der Waals surface area (Å²) in [5, 5.41) is 0. The Morgan fingerprint density at radius 3 is 1.20 bits per heavy atom. The van der Waals surface area contributed by atoms with E-state index in [0.717, 1.165) is 0 Å². The van der Waals surface area contributed by atoms with Gasteiger partial charge in [-0.3, -0.25) is 0 Å². The van der Waals surface area contributed by atoms with Crippen LogP contribution in [0.1, 0.15) is 79.0 Å². The van der Waals surface area contributed by atoms with Crippen molar-refractivity contribution in [3.8, 4) is 0 Å². The van der Waals surface area contributed by atoms with Crippen molar-refractivity contribution in [2.75, 3.05) is 0 Å². The van der Waals surface area contributed by atoms with Crippen LogP contribution >= 0.6 is 0 Å². The number of rotatable bonds is 1. The van der Waals surface area contributed by atoms with Gasteiger partial charge in [0.25, 0.3) is 0 Å². The SMILES string of the molecule is C[Se]c1c(C(C)(C)C)cc(C(C)(C)C)cc1C(C)(C)C. The zero-order chi connectivity index (χ0) is 15.9. The van der Waals surface area contributed by atoms with Crippen LogP contribution in [0.2, 0.25) is 5.82 Å². The first-order valence-corrected chi connectivity index (χ1v) is 10.1. The molecule has 1 aromatic rings. The van der Waals surface area contributed by atoms with E-state index in [0.29, 0.717) is 15.0 Å². The van der Waals surface area contributed by atoms with E-state index < -0.39 is 0 Å². The van der Waals surface area contributed by atoms with E-state index >= 15 is 0 Å². The first-order chi connectivity index (χ1) is 8.78. The summed E-state index contributed by atoms with van der Waals surface area (Å²) in [4.78, 5) is 0. The molecule has 0 aliphatic heterocycles. The van der Waals surface area contributed by atoms with Gasteiger partial charge in [0.2, 0.25) is 0 Å². The van der Waals surface area contributed by atoms with E-state index in [4.69, 9.17) is 0 Å². The van der Waals surface area contributed by atoms with Crippen LogP contribution in [0.5, 0.6) is 0 Å². The number of hydrogen-bond donors (Lipinski definition) is 0. The van der Waals surface area contributed by atoms with Gasteiger partial charge in [0.15, 0.2) is 0 Å². The molecule has 0 unspecified atom stereocenters. The van der Waals surface area contributed by atoms with Crippen LogP contribution in [0.3, 0.4) is 0 Å². The van der Waals surface area contributed by atoms with Gasteiger partial charge >= 0.3 is 133 Å². The summed E-state index contributed by atoms with van der Waals surface area (Å²) in [6.45, 7) is 21.0. The van der Waals surface area contributed by atoms with Crippen LogP contribution in [0.25, 0.3) is 0 Å². The van der Waals surface area contributed by atoms with Crippen molar-refractivity contribution in [2.24, 2.45) is 0 Å². The summed E-state index contributed by atoms with van der Waals surface area (Å²) in [6, 6.07) is 4.94. The molecule has 0 heterocycles. The second-order valence-corrected chi connectivity index (χ2v) is 10.6. The Morgan fingerprint density at radius 1 is 0.650 bits per heavy atom. The molecule has 0 bridgehead atoms. The monoisotopic (exact) mass is 340 g/mol. The van der Waals surface area contributed by atoms with E-state index in [9.17, 15) is 0 Å². The van der Waals surface area contributed by atoms with Crippen molar-refractivity contribution in [2.45, 2.75) is 84.4 Å². The Bertz CT molecular complexity index is 441. The Morgan fingerprint density at radius 2 is 1.00 bits per heavy atom. The quantitative estimate of drug-likeness (QED) is 0.635. The summed E-state index contributed by atoms with van der Waals surface area (Å²) < 4.78 is 1.62. The molecule has 0 aliphatic rings. The third-order valence-corrected chi connectivity index (χ3v) is 5.55. The number of benzene rings is 1. The molecular weight excluding hydrogens is 307 g/mol. The molecule has 0 aromatic heterocycles. The summed E-state index contributed by atoms with van der Waals surface area (Å²) in [5.74, 6) is 2.35. The maximum atomic E-state index is 2.47. The van der Waals surface area contributed by atoms with E-state index in [-0.39, 0.29) is 16.2 Å². The molecule has 1 aromatic carbocycles. The molecule has 20 heavy (non-hydrogen) atoms. The average Bonchev–Trinajstić information content (AvgIpc) is 2.23. The van der Waals surface area contributed by atoms with Crippen molar-refractivity contribution in [3.63, 3.8) is 0 Å². The predicted octanol–water partition coefficient (Wildman–Crippen LogP) is 4.96. The fourth-order valence-electron chi connectivity index (χ4n) is 2.40. The molecule has 0 aliphatic carbocycles. The standard InChI is InChI=1S/C19H32Se/c1-17(2,3)13-11-14(18(4,5)6)16(20-10)15(12-13)19(7,8)9/h11-12H,1-10H3. The van der Waals surface area contributed by atoms with E-state index in [1.165, 1.54) is 5.56 Å². The van der Waals surface area contributed by atoms with Crippen molar-refractivity contribution in [1.82, 2.24) is 0 Å². The minimum absolute atomic E-state index is 0.208. The van der Waals surface area contributed by atoms with E-state index in [1.807, 2.05) is 0 Å². The van der Waals surface area contributed by atoms with Crippen LogP contribution in [0.4, 0.5) is 0 Å². The Hall–Kier alpha value is -0.261. The summed E-state index contributed by atoms with van der Waals surface area (Å²) >= 11 is 0.529. The third kappa shape index (κ3) is 3.89. The fraction of sp³-hybridized carbons (Fsp3) is 0.684. The van der Waals surface area contributed by atoms with Gasteiger partial charge in [-0.15, -0.1) is 0 Å². The molecule has 0 spiro atoms. The molecule has 0 fully saturated rings. The first-order valence-electron chi connectivity index (χ1n) is 7.52. The average molecular weight is 339 g/mol. The molecule has 1 rings (SSSR count).